The molecule has 8 nitrogen and oxygen atoms in total. The van der Waals surface area contributed by atoms with Gasteiger partial charge in [0.05, 0.1) is 21.8 Å². The monoisotopic (exact) mass is 495 g/mol. The van der Waals surface area contributed by atoms with Crippen LogP contribution in [0.1, 0.15) is 48.4 Å². The highest BCUT2D eigenvalue weighted by Gasteiger charge is 2.36. The summed E-state index contributed by atoms with van der Waals surface area (Å²) >= 11 is 0. The van der Waals surface area contributed by atoms with Crippen LogP contribution >= 0.6 is 0 Å². The van der Waals surface area contributed by atoms with Crippen molar-refractivity contribution in [2.75, 3.05) is 12.3 Å². The largest absolute Gasteiger partial charge is 0.337 e. The fourth-order valence-electron chi connectivity index (χ4n) is 4.75. The highest BCUT2D eigenvalue weighted by molar-refractivity contribution is 7.91. The maximum absolute atomic E-state index is 13.4. The van der Waals surface area contributed by atoms with E-state index in [0.29, 0.717) is 10.9 Å². The third-order valence-corrected chi connectivity index (χ3v) is 7.97. The lowest BCUT2D eigenvalue weighted by Crippen LogP contribution is -2.43. The van der Waals surface area contributed by atoms with Gasteiger partial charge in [-0.3, -0.25) is 19.3 Å². The number of aromatic nitrogens is 1. The second-order valence-corrected chi connectivity index (χ2v) is 11.3. The number of imide groups is 1. The van der Waals surface area contributed by atoms with Gasteiger partial charge >= 0.3 is 0 Å². The Kier molecular flexibility index (Phi) is 6.55. The zero-order valence-corrected chi connectivity index (χ0v) is 21.1. The first-order chi connectivity index (χ1) is 16.5. The van der Waals surface area contributed by atoms with Crippen molar-refractivity contribution in [2.24, 2.45) is 0 Å². The molecule has 0 unspecified atom stereocenters. The van der Waals surface area contributed by atoms with Crippen molar-refractivity contribution in [1.29, 1.82) is 0 Å². The van der Waals surface area contributed by atoms with Gasteiger partial charge in [0.15, 0.2) is 9.84 Å². The van der Waals surface area contributed by atoms with Crippen LogP contribution in [0.5, 0.6) is 0 Å². The molecule has 0 spiro atoms. The minimum absolute atomic E-state index is 0.00476. The van der Waals surface area contributed by atoms with E-state index < -0.39 is 27.4 Å². The first-order valence-corrected chi connectivity index (χ1v) is 13.2. The predicted octanol–water partition coefficient (Wildman–Crippen LogP) is 3.36. The van der Waals surface area contributed by atoms with Crippen molar-refractivity contribution in [1.82, 2.24) is 14.4 Å². The van der Waals surface area contributed by atoms with Gasteiger partial charge in [-0.15, -0.1) is 0 Å². The summed E-state index contributed by atoms with van der Waals surface area (Å²) in [6.45, 7) is 7.54. The zero-order chi connectivity index (χ0) is 25.5. The Balaban J connectivity index is 1.61. The number of hydrogen-bond acceptors (Lipinski definition) is 5. The van der Waals surface area contributed by atoms with Gasteiger partial charge in [-0.2, -0.15) is 0 Å². The first-order valence-electron chi connectivity index (χ1n) is 11.6. The second kappa shape index (κ2) is 9.30. The van der Waals surface area contributed by atoms with E-state index in [1.165, 1.54) is 6.20 Å². The van der Waals surface area contributed by atoms with Gasteiger partial charge < -0.3 is 9.47 Å². The van der Waals surface area contributed by atoms with Crippen molar-refractivity contribution in [3.63, 3.8) is 0 Å². The Labute approximate surface area is 205 Å². The molecule has 1 aliphatic heterocycles. The minimum Gasteiger partial charge on any atom is -0.337 e. The van der Waals surface area contributed by atoms with E-state index in [9.17, 15) is 22.8 Å². The predicted molar refractivity (Wildman–Crippen MR) is 133 cm³/mol. The number of hydrogen-bond donors (Lipinski definition) is 0. The standard InChI is InChI=1S/C26H29N3O5S/c1-17(2)29(18(3)4)24(30)16-27-15-23(21-11-7-8-12-22(21)27)35(33,34)14-13-28-25(31)19-9-5-6-10-20(19)26(28)32/h5-12,15,17-18H,13-14,16H2,1-4H3. The molecular formula is C26H29N3O5S. The molecule has 4 rings (SSSR count). The van der Waals surface area contributed by atoms with Crippen LogP contribution in [-0.4, -0.2) is 64.9 Å². The molecular weight excluding hydrogens is 466 g/mol. The number of nitrogens with zero attached hydrogens (tertiary/aromatic N) is 3. The number of amides is 3. The molecule has 2 aromatic carbocycles. The number of sulfone groups is 1. The summed E-state index contributed by atoms with van der Waals surface area (Å²) in [7, 11) is -3.87. The van der Waals surface area contributed by atoms with Gasteiger partial charge in [0.25, 0.3) is 11.8 Å². The van der Waals surface area contributed by atoms with Crippen molar-refractivity contribution >= 4 is 38.5 Å². The molecule has 0 saturated heterocycles. The summed E-state index contributed by atoms with van der Waals surface area (Å²) in [6.07, 6.45) is 1.49. The molecule has 0 atom stereocenters. The SMILES string of the molecule is CC(C)N(C(=O)Cn1cc(S(=O)(=O)CCN2C(=O)c3ccccc3C2=O)c2ccccc21)C(C)C. The average Bonchev–Trinajstić information content (AvgIpc) is 3.28. The highest BCUT2D eigenvalue weighted by Crippen LogP contribution is 2.28. The molecule has 1 aromatic heterocycles. The number of carbonyl (C=O) groups excluding carboxylic acids is 3. The molecule has 0 radical (unpaired) electrons. The van der Waals surface area contributed by atoms with E-state index in [2.05, 4.69) is 0 Å². The fraction of sp³-hybridized carbons (Fsp3) is 0.346. The third-order valence-electron chi connectivity index (χ3n) is 6.26. The van der Waals surface area contributed by atoms with Gasteiger partial charge in [0, 0.05) is 35.7 Å². The molecule has 0 N–H and O–H groups in total. The van der Waals surface area contributed by atoms with Gasteiger partial charge in [0.2, 0.25) is 5.91 Å². The summed E-state index contributed by atoms with van der Waals surface area (Å²) in [5.41, 5.74) is 1.20. The Morgan fingerprint density at radius 2 is 1.43 bits per heavy atom. The molecule has 2 heterocycles. The van der Waals surface area contributed by atoms with Gasteiger partial charge in [-0.25, -0.2) is 8.42 Å². The summed E-state index contributed by atoms with van der Waals surface area (Å²) < 4.78 is 28.4. The van der Waals surface area contributed by atoms with Crippen LogP contribution in [0, 0.1) is 0 Å². The lowest BCUT2D eigenvalue weighted by molar-refractivity contribution is -0.135. The van der Waals surface area contributed by atoms with Crippen LogP contribution in [0.25, 0.3) is 10.9 Å². The Hall–Kier alpha value is -3.46. The van der Waals surface area contributed by atoms with E-state index in [-0.39, 0.29) is 47.1 Å². The summed E-state index contributed by atoms with van der Waals surface area (Å²) in [6, 6.07) is 13.5. The number of carbonyl (C=O) groups is 3. The van der Waals surface area contributed by atoms with Crippen molar-refractivity contribution in [3.8, 4) is 0 Å². The highest BCUT2D eigenvalue weighted by atomic mass is 32.2. The van der Waals surface area contributed by atoms with Crippen LogP contribution in [0.4, 0.5) is 0 Å². The smallest absolute Gasteiger partial charge is 0.261 e. The third kappa shape index (κ3) is 4.48. The summed E-state index contributed by atoms with van der Waals surface area (Å²) in [5, 5.41) is 0.503. The molecule has 0 bridgehead atoms. The quantitative estimate of drug-likeness (QED) is 0.447. The summed E-state index contributed by atoms with van der Waals surface area (Å²) in [4.78, 5) is 41.2. The zero-order valence-electron chi connectivity index (χ0n) is 20.3. The van der Waals surface area contributed by atoms with E-state index in [0.717, 1.165) is 4.90 Å². The van der Waals surface area contributed by atoms with Crippen molar-refractivity contribution in [3.05, 3.63) is 65.9 Å². The maximum atomic E-state index is 13.4. The molecule has 0 saturated carbocycles. The topological polar surface area (TPSA) is 96.8 Å². The van der Waals surface area contributed by atoms with Gasteiger partial charge in [-0.1, -0.05) is 30.3 Å². The van der Waals surface area contributed by atoms with Crippen LogP contribution < -0.4 is 0 Å². The molecule has 0 fully saturated rings. The van der Waals surface area contributed by atoms with E-state index in [1.807, 2.05) is 27.7 Å². The molecule has 35 heavy (non-hydrogen) atoms. The normalized spacial score (nSPS) is 13.8. The summed E-state index contributed by atoms with van der Waals surface area (Å²) in [5.74, 6) is -1.50. The van der Waals surface area contributed by atoms with E-state index >= 15 is 0 Å². The van der Waals surface area contributed by atoms with Crippen LogP contribution in [0.15, 0.2) is 59.6 Å². The van der Waals surface area contributed by atoms with Crippen molar-refractivity contribution in [2.45, 2.75) is 51.2 Å². The van der Waals surface area contributed by atoms with Crippen LogP contribution in [0.2, 0.25) is 0 Å². The molecule has 1 aliphatic rings. The molecule has 9 heteroatoms. The van der Waals surface area contributed by atoms with Gasteiger partial charge in [-0.05, 0) is 45.9 Å². The Morgan fingerprint density at radius 1 is 0.886 bits per heavy atom. The maximum Gasteiger partial charge on any atom is 0.261 e. The minimum atomic E-state index is -3.87. The Morgan fingerprint density at radius 3 is 2.00 bits per heavy atom. The Bertz CT molecular complexity index is 1380. The number of fused-ring (bicyclic) bond motifs is 2. The molecule has 3 amide bonds. The van der Waals surface area contributed by atoms with Crippen LogP contribution in [-0.2, 0) is 21.2 Å². The molecule has 184 valence electrons. The van der Waals surface area contributed by atoms with Crippen LogP contribution in [0.3, 0.4) is 0 Å². The number of para-hydroxylation sites is 1. The number of rotatable bonds is 8. The molecule has 0 aliphatic carbocycles. The lowest BCUT2D eigenvalue weighted by Gasteiger charge is -2.31. The second-order valence-electron chi connectivity index (χ2n) is 9.25. The van der Waals surface area contributed by atoms with E-state index in [1.54, 1.807) is 58.0 Å². The van der Waals surface area contributed by atoms with E-state index in [4.69, 9.17) is 0 Å². The number of benzene rings is 2. The van der Waals surface area contributed by atoms with Gasteiger partial charge in [0.1, 0.15) is 6.54 Å². The lowest BCUT2D eigenvalue weighted by atomic mass is 10.1. The first kappa shape index (κ1) is 24.7. The average molecular weight is 496 g/mol. The van der Waals surface area contributed by atoms with Crippen molar-refractivity contribution < 1.29 is 22.8 Å². The fourth-order valence-corrected chi connectivity index (χ4v) is 6.19. The molecule has 3 aromatic rings.